The second-order valence-electron chi connectivity index (χ2n) is 8.54. The van der Waals surface area contributed by atoms with Gasteiger partial charge in [0, 0.05) is 24.5 Å². The van der Waals surface area contributed by atoms with Gasteiger partial charge in [0.2, 0.25) is 10.8 Å². The van der Waals surface area contributed by atoms with Crippen molar-refractivity contribution in [1.29, 1.82) is 0 Å². The van der Waals surface area contributed by atoms with E-state index < -0.39 is 57.7 Å². The van der Waals surface area contributed by atoms with E-state index in [1.165, 1.54) is 0 Å². The van der Waals surface area contributed by atoms with Crippen molar-refractivity contribution in [1.82, 2.24) is 15.5 Å². The summed E-state index contributed by atoms with van der Waals surface area (Å²) in [6, 6.07) is 0.926. The summed E-state index contributed by atoms with van der Waals surface area (Å²) in [6.07, 6.45) is 4.72. The van der Waals surface area contributed by atoms with Crippen molar-refractivity contribution in [3.8, 4) is 0 Å². The zero-order chi connectivity index (χ0) is 26.3. The number of aliphatic hydroxyl groups excluding tert-OH is 1. The fraction of sp³-hybridized carbons (Fsp3) is 0.591. The first kappa shape index (κ1) is 28.4. The number of piperidine rings is 1. The first-order valence-electron chi connectivity index (χ1n) is 11.6. The van der Waals surface area contributed by atoms with Gasteiger partial charge in [-0.2, -0.15) is 4.40 Å². The van der Waals surface area contributed by atoms with Crippen molar-refractivity contribution in [2.24, 2.45) is 10.1 Å². The van der Waals surface area contributed by atoms with Gasteiger partial charge in [0.1, 0.15) is 17.8 Å². The molecule has 9 nitrogen and oxygen atoms in total. The summed E-state index contributed by atoms with van der Waals surface area (Å²) < 4.78 is 50.3. The summed E-state index contributed by atoms with van der Waals surface area (Å²) in [7, 11) is 0. The Morgan fingerprint density at radius 3 is 2.75 bits per heavy atom. The Bertz CT molecular complexity index is 991. The maximum atomic E-state index is 13.9. The molecular formula is C22H29ClF3N5O4S. The molecule has 0 bridgehead atoms. The number of unbranched alkanes of at least 4 members (excludes halogenated alkanes) is 1. The Morgan fingerprint density at radius 2 is 2.03 bits per heavy atom. The number of carbonyl (C=O) groups is 2. The maximum Gasteiger partial charge on any atom is 0.315 e. The van der Waals surface area contributed by atoms with Gasteiger partial charge >= 0.3 is 6.03 Å². The topological polar surface area (TPSA) is 129 Å². The number of amides is 3. The molecule has 1 aromatic carbocycles. The minimum Gasteiger partial charge on any atom is -0.474 e. The van der Waals surface area contributed by atoms with Gasteiger partial charge in [-0.15, -0.1) is 0 Å². The number of rotatable bonds is 10. The minimum atomic E-state index is -2.13. The number of alkyl halides is 1. The summed E-state index contributed by atoms with van der Waals surface area (Å²) in [4.78, 5) is 24.6. The summed E-state index contributed by atoms with van der Waals surface area (Å²) in [6.45, 7) is 1.46. The number of urea groups is 1. The number of primary amides is 1. The number of hydrogen-bond donors (Lipinski definition) is 4. The number of nitrogens with two attached hydrogens (primary N) is 1. The van der Waals surface area contributed by atoms with Gasteiger partial charge in [-0.05, 0) is 50.9 Å². The molecule has 0 spiro atoms. The van der Waals surface area contributed by atoms with Crippen molar-refractivity contribution < 1.29 is 32.6 Å². The van der Waals surface area contributed by atoms with Crippen LogP contribution in [0.15, 0.2) is 16.5 Å². The van der Waals surface area contributed by atoms with Crippen LogP contribution in [-0.2, 0) is 16.1 Å². The number of benzene rings is 1. The van der Waals surface area contributed by atoms with E-state index in [1.54, 1.807) is 0 Å². The molecule has 200 valence electrons. The van der Waals surface area contributed by atoms with Crippen molar-refractivity contribution in [2.75, 3.05) is 26.2 Å². The van der Waals surface area contributed by atoms with E-state index in [2.05, 4.69) is 19.9 Å². The fourth-order valence-electron chi connectivity index (χ4n) is 4.06. The van der Waals surface area contributed by atoms with E-state index in [-0.39, 0.29) is 12.6 Å². The van der Waals surface area contributed by atoms with Crippen LogP contribution >= 0.6 is 23.5 Å². The Labute approximate surface area is 216 Å². The molecule has 0 aliphatic carbocycles. The molecule has 2 aliphatic rings. The number of carbonyl (C=O) groups excluding carboxylic acids is 2. The van der Waals surface area contributed by atoms with Crippen LogP contribution in [0.2, 0.25) is 0 Å². The van der Waals surface area contributed by atoms with Gasteiger partial charge in [-0.1, -0.05) is 18.0 Å². The van der Waals surface area contributed by atoms with Gasteiger partial charge in [0.25, 0.3) is 5.91 Å². The van der Waals surface area contributed by atoms with Gasteiger partial charge in [-0.25, -0.2) is 18.0 Å². The van der Waals surface area contributed by atoms with E-state index in [0.717, 1.165) is 44.8 Å². The highest BCUT2D eigenvalue weighted by Gasteiger charge is 2.55. The molecule has 3 unspecified atom stereocenters. The standard InChI is InChI=1S/C22H29ClF3N5O4S/c23-22(18(27)33)19(35-12-14-15(24)6-7-16(25)17(14)26)30-36-20(22)29-21(34)28-8-2-4-10-31-9-3-1-5-13(31)11-32/h6-7,13,20,32H,1-5,8-12H2,(H2,27,33)(H2,28,29,34). The van der Waals surface area contributed by atoms with Crippen molar-refractivity contribution in [3.05, 3.63) is 35.1 Å². The molecule has 1 fully saturated rings. The second-order valence-corrected chi connectivity index (χ2v) is 10.0. The number of nitrogens with zero attached hydrogens (tertiary/aromatic N) is 2. The Hall–Kier alpha value is -2.22. The van der Waals surface area contributed by atoms with Crippen LogP contribution in [0.25, 0.3) is 0 Å². The third-order valence-electron chi connectivity index (χ3n) is 6.14. The normalized spacial score (nSPS) is 24.3. The number of nitrogens with one attached hydrogen (secondary N) is 2. The van der Waals surface area contributed by atoms with Crippen LogP contribution in [-0.4, -0.2) is 70.4 Å². The number of halogens is 4. The molecule has 3 rings (SSSR count). The lowest BCUT2D eigenvalue weighted by Gasteiger charge is -2.34. The molecule has 5 N–H and O–H groups in total. The van der Waals surface area contributed by atoms with Crippen LogP contribution in [0.3, 0.4) is 0 Å². The molecule has 36 heavy (non-hydrogen) atoms. The number of hydrogen-bond acceptors (Lipinski definition) is 7. The van der Waals surface area contributed by atoms with Crippen LogP contribution in [0, 0.1) is 17.5 Å². The van der Waals surface area contributed by atoms with E-state index in [0.29, 0.717) is 31.0 Å². The summed E-state index contributed by atoms with van der Waals surface area (Å²) in [5.41, 5.74) is 4.71. The molecule has 0 aromatic heterocycles. The lowest BCUT2D eigenvalue weighted by Crippen LogP contribution is -2.58. The van der Waals surface area contributed by atoms with Crippen LogP contribution in [0.5, 0.6) is 0 Å². The summed E-state index contributed by atoms with van der Waals surface area (Å²) in [5, 5.41) is 13.5. The highest BCUT2D eigenvalue weighted by atomic mass is 35.5. The predicted octanol–water partition coefficient (Wildman–Crippen LogP) is 2.40. The third kappa shape index (κ3) is 6.55. The van der Waals surface area contributed by atoms with E-state index in [4.69, 9.17) is 22.1 Å². The lowest BCUT2D eigenvalue weighted by molar-refractivity contribution is -0.119. The predicted molar refractivity (Wildman–Crippen MR) is 130 cm³/mol. The smallest absolute Gasteiger partial charge is 0.315 e. The van der Waals surface area contributed by atoms with Crippen molar-refractivity contribution in [2.45, 2.75) is 55.0 Å². The average Bonchev–Trinajstić information content (AvgIpc) is 3.17. The maximum absolute atomic E-state index is 13.9. The van der Waals surface area contributed by atoms with E-state index in [1.807, 2.05) is 0 Å². The molecule has 2 heterocycles. The van der Waals surface area contributed by atoms with E-state index >= 15 is 0 Å². The molecular weight excluding hydrogens is 523 g/mol. The van der Waals surface area contributed by atoms with Crippen LogP contribution in [0.1, 0.15) is 37.7 Å². The molecule has 14 heteroatoms. The average molecular weight is 552 g/mol. The highest BCUT2D eigenvalue weighted by Crippen LogP contribution is 2.38. The largest absolute Gasteiger partial charge is 0.474 e. The zero-order valence-corrected chi connectivity index (χ0v) is 21.0. The van der Waals surface area contributed by atoms with Gasteiger partial charge in [0.05, 0.1) is 12.2 Å². The number of aliphatic hydroxyl groups is 1. The van der Waals surface area contributed by atoms with Gasteiger partial charge < -0.3 is 26.2 Å². The molecule has 3 amide bonds. The number of likely N-dealkylation sites (tertiary alicyclic amines) is 1. The molecule has 1 aromatic rings. The minimum absolute atomic E-state index is 0.139. The SMILES string of the molecule is NC(=O)C1(Cl)C(OCc2c(F)ccc(F)c2F)=NSC1NC(=O)NCCCCN1CCCCC1CO. The summed E-state index contributed by atoms with van der Waals surface area (Å²) >= 11 is 7.07. The molecule has 3 atom stereocenters. The van der Waals surface area contributed by atoms with Crippen LogP contribution in [0.4, 0.5) is 18.0 Å². The summed E-state index contributed by atoms with van der Waals surface area (Å²) in [5.74, 6) is -5.33. The van der Waals surface area contributed by atoms with Crippen molar-refractivity contribution in [3.63, 3.8) is 0 Å². The Kier molecular flexibility index (Phi) is 10.1. The molecule has 2 aliphatic heterocycles. The third-order valence-corrected chi connectivity index (χ3v) is 7.79. The van der Waals surface area contributed by atoms with Gasteiger partial charge in [-0.3, -0.25) is 9.69 Å². The molecule has 0 saturated carbocycles. The van der Waals surface area contributed by atoms with Crippen molar-refractivity contribution >= 4 is 41.4 Å². The van der Waals surface area contributed by atoms with Crippen LogP contribution < -0.4 is 16.4 Å². The second kappa shape index (κ2) is 12.8. The Morgan fingerprint density at radius 1 is 1.28 bits per heavy atom. The first-order valence-corrected chi connectivity index (χ1v) is 12.8. The monoisotopic (exact) mass is 551 g/mol. The van der Waals surface area contributed by atoms with Gasteiger partial charge in [0.15, 0.2) is 11.6 Å². The lowest BCUT2D eigenvalue weighted by atomic mass is 10.0. The quantitative estimate of drug-likeness (QED) is 0.153. The number of ether oxygens (including phenoxy) is 1. The van der Waals surface area contributed by atoms with E-state index in [9.17, 15) is 27.9 Å². The fourth-order valence-corrected chi connectivity index (χ4v) is 5.30. The molecule has 1 saturated heterocycles. The highest BCUT2D eigenvalue weighted by molar-refractivity contribution is 7.99. The Balaban J connectivity index is 1.48. The zero-order valence-electron chi connectivity index (χ0n) is 19.4. The first-order chi connectivity index (χ1) is 17.2. The molecule has 0 radical (unpaired) electrons.